The van der Waals surface area contributed by atoms with Crippen molar-refractivity contribution in [2.24, 2.45) is 5.16 Å². The molecule has 4 nitrogen and oxygen atoms in total. The highest BCUT2D eigenvalue weighted by molar-refractivity contribution is 5.57. The van der Waals surface area contributed by atoms with Gasteiger partial charge < -0.3 is 14.7 Å². The average molecular weight is 263 g/mol. The second-order valence-electron chi connectivity index (χ2n) is 4.15. The van der Waals surface area contributed by atoms with Gasteiger partial charge in [0.2, 0.25) is 0 Å². The van der Waals surface area contributed by atoms with Crippen LogP contribution in [0.25, 0.3) is 0 Å². The first-order valence-electron chi connectivity index (χ1n) is 6.37. The SMILES string of the molecule is C[C@@H](CC=CCOCc1ccccc1)OCC=NO. The third-order valence-corrected chi connectivity index (χ3v) is 2.50. The summed E-state index contributed by atoms with van der Waals surface area (Å²) in [5, 5.41) is 11.1. The standard InChI is InChI=1S/C15H21NO3/c1-14(19-12-10-16-17)7-5-6-11-18-13-15-8-3-2-4-9-15/h2-6,8-10,14,17H,7,11-13H2,1H3/t14-/m0/s1. The molecule has 1 atom stereocenters. The van der Waals surface area contributed by atoms with E-state index < -0.39 is 0 Å². The Kier molecular flexibility index (Phi) is 8.34. The zero-order valence-electron chi connectivity index (χ0n) is 11.2. The van der Waals surface area contributed by atoms with Gasteiger partial charge in [-0.1, -0.05) is 47.6 Å². The zero-order valence-corrected chi connectivity index (χ0v) is 11.2. The van der Waals surface area contributed by atoms with Gasteiger partial charge in [0.05, 0.1) is 32.1 Å². The lowest BCUT2D eigenvalue weighted by molar-refractivity contribution is 0.0986. The van der Waals surface area contributed by atoms with E-state index in [-0.39, 0.29) is 6.10 Å². The van der Waals surface area contributed by atoms with E-state index in [4.69, 9.17) is 14.7 Å². The molecule has 0 amide bonds. The normalized spacial score (nSPS) is 13.3. The first-order valence-corrected chi connectivity index (χ1v) is 6.37. The van der Waals surface area contributed by atoms with Crippen molar-refractivity contribution in [2.75, 3.05) is 13.2 Å². The molecular weight excluding hydrogens is 242 g/mol. The van der Waals surface area contributed by atoms with Gasteiger partial charge in [-0.3, -0.25) is 0 Å². The van der Waals surface area contributed by atoms with Crippen LogP contribution in [0.15, 0.2) is 47.6 Å². The van der Waals surface area contributed by atoms with Crippen molar-refractivity contribution in [1.29, 1.82) is 0 Å². The smallest absolute Gasteiger partial charge is 0.0855 e. The highest BCUT2D eigenvalue weighted by Gasteiger charge is 1.97. The molecule has 104 valence electrons. The van der Waals surface area contributed by atoms with Crippen LogP contribution < -0.4 is 0 Å². The average Bonchev–Trinajstić information content (AvgIpc) is 2.44. The van der Waals surface area contributed by atoms with E-state index >= 15 is 0 Å². The summed E-state index contributed by atoms with van der Waals surface area (Å²) in [4.78, 5) is 0. The van der Waals surface area contributed by atoms with Crippen LogP contribution in [0.1, 0.15) is 18.9 Å². The van der Waals surface area contributed by atoms with Crippen LogP contribution >= 0.6 is 0 Å². The summed E-state index contributed by atoms with van der Waals surface area (Å²) in [6.07, 6.45) is 6.26. The minimum Gasteiger partial charge on any atom is -0.411 e. The Bertz CT molecular complexity index is 376. The fourth-order valence-electron chi connectivity index (χ4n) is 1.48. The summed E-state index contributed by atoms with van der Waals surface area (Å²) in [6.45, 7) is 3.53. The molecule has 1 aromatic rings. The molecule has 0 fully saturated rings. The fourth-order valence-corrected chi connectivity index (χ4v) is 1.48. The Morgan fingerprint density at radius 2 is 2.00 bits per heavy atom. The van der Waals surface area contributed by atoms with Gasteiger partial charge in [0.15, 0.2) is 0 Å². The molecule has 1 aromatic carbocycles. The number of rotatable bonds is 9. The van der Waals surface area contributed by atoms with Crippen LogP contribution in [0, 0.1) is 0 Å². The monoisotopic (exact) mass is 263 g/mol. The lowest BCUT2D eigenvalue weighted by atomic mass is 10.2. The topological polar surface area (TPSA) is 51.0 Å². The van der Waals surface area contributed by atoms with Gasteiger partial charge in [0.25, 0.3) is 0 Å². The van der Waals surface area contributed by atoms with E-state index in [0.29, 0.717) is 19.8 Å². The predicted molar refractivity (Wildman–Crippen MR) is 75.5 cm³/mol. The summed E-state index contributed by atoms with van der Waals surface area (Å²) in [5.74, 6) is 0. The Morgan fingerprint density at radius 1 is 1.21 bits per heavy atom. The van der Waals surface area contributed by atoms with Crippen LogP contribution in [-0.2, 0) is 16.1 Å². The van der Waals surface area contributed by atoms with Crippen molar-refractivity contribution in [2.45, 2.75) is 26.1 Å². The minimum atomic E-state index is 0.100. The molecule has 19 heavy (non-hydrogen) atoms. The lowest BCUT2D eigenvalue weighted by Crippen LogP contribution is -2.08. The second kappa shape index (κ2) is 10.3. The molecule has 0 bridgehead atoms. The molecule has 1 rings (SSSR count). The minimum absolute atomic E-state index is 0.100. The van der Waals surface area contributed by atoms with Crippen LogP contribution in [0.4, 0.5) is 0 Å². The van der Waals surface area contributed by atoms with Crippen LogP contribution in [-0.4, -0.2) is 30.7 Å². The van der Waals surface area contributed by atoms with Crippen molar-refractivity contribution >= 4 is 6.21 Å². The number of benzene rings is 1. The third kappa shape index (κ3) is 8.13. The molecule has 0 spiro atoms. The maximum absolute atomic E-state index is 8.21. The number of ether oxygens (including phenoxy) is 2. The molecule has 0 saturated carbocycles. The maximum atomic E-state index is 8.21. The van der Waals surface area contributed by atoms with Gasteiger partial charge in [0, 0.05) is 0 Å². The van der Waals surface area contributed by atoms with Crippen LogP contribution in [0.2, 0.25) is 0 Å². The van der Waals surface area contributed by atoms with Crippen molar-refractivity contribution in [3.8, 4) is 0 Å². The van der Waals surface area contributed by atoms with E-state index in [0.717, 1.165) is 6.42 Å². The van der Waals surface area contributed by atoms with Gasteiger partial charge in [-0.15, -0.1) is 0 Å². The van der Waals surface area contributed by atoms with Crippen molar-refractivity contribution in [3.05, 3.63) is 48.0 Å². The third-order valence-electron chi connectivity index (χ3n) is 2.50. The summed E-state index contributed by atoms with van der Waals surface area (Å²) in [7, 11) is 0. The predicted octanol–water partition coefficient (Wildman–Crippen LogP) is 3.01. The number of hydrogen-bond acceptors (Lipinski definition) is 4. The summed E-state index contributed by atoms with van der Waals surface area (Å²) in [6, 6.07) is 10.1. The summed E-state index contributed by atoms with van der Waals surface area (Å²) >= 11 is 0. The lowest BCUT2D eigenvalue weighted by Gasteiger charge is -2.07. The molecule has 0 unspecified atom stereocenters. The summed E-state index contributed by atoms with van der Waals surface area (Å²) in [5.41, 5.74) is 1.18. The van der Waals surface area contributed by atoms with E-state index in [1.165, 1.54) is 11.8 Å². The highest BCUT2D eigenvalue weighted by Crippen LogP contribution is 2.01. The Hall–Kier alpha value is -1.65. The Balaban J connectivity index is 2.04. The van der Waals surface area contributed by atoms with E-state index in [2.05, 4.69) is 5.16 Å². The molecule has 0 aliphatic heterocycles. The maximum Gasteiger partial charge on any atom is 0.0855 e. The van der Waals surface area contributed by atoms with E-state index in [1.807, 2.05) is 49.4 Å². The number of nitrogens with zero attached hydrogens (tertiary/aromatic N) is 1. The largest absolute Gasteiger partial charge is 0.411 e. The fraction of sp³-hybridized carbons (Fsp3) is 0.400. The van der Waals surface area contributed by atoms with E-state index in [1.54, 1.807) is 0 Å². The zero-order chi connectivity index (χ0) is 13.8. The first-order chi connectivity index (χ1) is 9.33. The van der Waals surface area contributed by atoms with Crippen molar-refractivity contribution < 1.29 is 14.7 Å². The van der Waals surface area contributed by atoms with E-state index in [9.17, 15) is 0 Å². The van der Waals surface area contributed by atoms with Crippen LogP contribution in [0.3, 0.4) is 0 Å². The molecule has 4 heteroatoms. The van der Waals surface area contributed by atoms with Crippen molar-refractivity contribution in [3.63, 3.8) is 0 Å². The van der Waals surface area contributed by atoms with Gasteiger partial charge in [-0.05, 0) is 18.9 Å². The Labute approximate surface area is 114 Å². The number of hydrogen-bond donors (Lipinski definition) is 1. The molecule has 0 saturated heterocycles. The second-order valence-corrected chi connectivity index (χ2v) is 4.15. The number of oxime groups is 1. The molecule has 0 aliphatic rings. The molecule has 0 heterocycles. The molecular formula is C15H21NO3. The molecule has 0 radical (unpaired) electrons. The molecule has 1 N–H and O–H groups in total. The van der Waals surface area contributed by atoms with Gasteiger partial charge in [-0.2, -0.15) is 0 Å². The summed E-state index contributed by atoms with van der Waals surface area (Å²) < 4.78 is 10.9. The Morgan fingerprint density at radius 3 is 2.74 bits per heavy atom. The van der Waals surface area contributed by atoms with Crippen molar-refractivity contribution in [1.82, 2.24) is 0 Å². The van der Waals surface area contributed by atoms with Crippen LogP contribution in [0.5, 0.6) is 0 Å². The van der Waals surface area contributed by atoms with Gasteiger partial charge in [-0.25, -0.2) is 0 Å². The highest BCUT2D eigenvalue weighted by atomic mass is 16.5. The first kappa shape index (κ1) is 15.4. The van der Waals surface area contributed by atoms with Gasteiger partial charge in [0.1, 0.15) is 0 Å². The molecule has 0 aliphatic carbocycles. The molecule has 0 aromatic heterocycles. The van der Waals surface area contributed by atoms with Gasteiger partial charge >= 0.3 is 0 Å². The quantitative estimate of drug-likeness (QED) is 0.245.